The van der Waals surface area contributed by atoms with Gasteiger partial charge in [0.1, 0.15) is 5.75 Å². The van der Waals surface area contributed by atoms with Gasteiger partial charge >= 0.3 is 0 Å². The van der Waals surface area contributed by atoms with Gasteiger partial charge in [0.25, 0.3) is 0 Å². The molecule has 0 unspecified atom stereocenters. The summed E-state index contributed by atoms with van der Waals surface area (Å²) in [7, 11) is 0. The molecule has 0 N–H and O–H groups in total. The van der Waals surface area contributed by atoms with Crippen LogP contribution in [0.25, 0.3) is 0 Å². The van der Waals surface area contributed by atoms with Gasteiger partial charge in [-0.3, -0.25) is 0 Å². The van der Waals surface area contributed by atoms with Crippen molar-refractivity contribution in [3.63, 3.8) is 0 Å². The first kappa shape index (κ1) is 11.8. The molecule has 67 valence electrons. The van der Waals surface area contributed by atoms with Gasteiger partial charge < -0.3 is 4.74 Å². The van der Waals surface area contributed by atoms with Gasteiger partial charge in [0, 0.05) is 33.8 Å². The average Bonchev–Trinajstić information content (AvgIpc) is 2.05. The Labute approximate surface area is 92.9 Å². The van der Waals surface area contributed by atoms with Crippen molar-refractivity contribution in [2.24, 2.45) is 0 Å². The van der Waals surface area contributed by atoms with Crippen molar-refractivity contribution in [1.82, 2.24) is 0 Å². The Morgan fingerprint density at radius 3 is 2.67 bits per heavy atom. The van der Waals surface area contributed by atoms with Crippen LogP contribution in [0.2, 0.25) is 0 Å². The van der Waals surface area contributed by atoms with Gasteiger partial charge in [-0.05, 0) is 24.1 Å². The van der Waals surface area contributed by atoms with Gasteiger partial charge in [0.2, 0.25) is 0 Å². The first-order valence-corrected chi connectivity index (χ1v) is 3.36. The second-order valence-electron chi connectivity index (χ2n) is 2.30. The topological polar surface area (TPSA) is 9.23 Å². The van der Waals surface area contributed by atoms with E-state index in [1.54, 1.807) is 6.26 Å². The van der Waals surface area contributed by atoms with Gasteiger partial charge in [-0.15, -0.1) is 0 Å². The quantitative estimate of drug-likeness (QED) is 0.638. The average molecular weight is 247 g/mol. The maximum atomic E-state index is 5.24. The van der Waals surface area contributed by atoms with Crippen LogP contribution in [0.1, 0.15) is 5.56 Å². The monoisotopic (exact) mass is 247 g/mol. The van der Waals surface area contributed by atoms with E-state index in [4.69, 9.17) is 4.74 Å². The summed E-state index contributed by atoms with van der Waals surface area (Å²) in [6, 6.07) is 8.08. The van der Waals surface area contributed by atoms with Crippen molar-refractivity contribution in [3.05, 3.63) is 42.2 Å². The molecule has 0 aromatic heterocycles. The zero-order chi connectivity index (χ0) is 6.81. The van der Waals surface area contributed by atoms with Gasteiger partial charge in [-0.1, -0.05) is 18.2 Å². The summed E-state index contributed by atoms with van der Waals surface area (Å²) in [5, 5.41) is 0. The smallest absolute Gasteiger partial charge is 0.130 e. The molecule has 0 fully saturated rings. The van der Waals surface area contributed by atoms with E-state index < -0.39 is 0 Å². The number of hydrogen-bond donors (Lipinski definition) is 0. The van der Waals surface area contributed by atoms with Crippen molar-refractivity contribution in [3.8, 4) is 5.75 Å². The third-order valence-electron chi connectivity index (χ3n) is 1.60. The predicted molar refractivity (Wildman–Crippen MR) is 39.9 cm³/mol. The van der Waals surface area contributed by atoms with Crippen molar-refractivity contribution >= 4 is 0 Å². The SMILES string of the molecule is C1=COc2ccccc2C1.[Co].[Fe]. The minimum atomic E-state index is 0. The molecule has 0 saturated heterocycles. The zero-order valence-electron chi connectivity index (χ0n) is 6.27. The second-order valence-corrected chi connectivity index (χ2v) is 2.30. The van der Waals surface area contributed by atoms with E-state index in [1.807, 2.05) is 24.3 Å². The van der Waals surface area contributed by atoms with E-state index in [0.29, 0.717) is 0 Å². The zero-order valence-corrected chi connectivity index (χ0v) is 8.41. The number of ether oxygens (including phenoxy) is 1. The summed E-state index contributed by atoms with van der Waals surface area (Å²) >= 11 is 0. The Kier molecular flexibility index (Phi) is 5.34. The van der Waals surface area contributed by atoms with E-state index in [2.05, 4.69) is 6.07 Å². The summed E-state index contributed by atoms with van der Waals surface area (Å²) in [6.07, 6.45) is 4.75. The summed E-state index contributed by atoms with van der Waals surface area (Å²) in [4.78, 5) is 0. The Bertz CT molecular complexity index is 246. The molecule has 0 aliphatic carbocycles. The number of allylic oxidation sites excluding steroid dienone is 1. The fourth-order valence-corrected chi connectivity index (χ4v) is 1.08. The minimum Gasteiger partial charge on any atom is -0.465 e. The molecular formula is C9H8CoFeO. The fourth-order valence-electron chi connectivity index (χ4n) is 1.08. The molecule has 0 saturated carbocycles. The van der Waals surface area contributed by atoms with Gasteiger partial charge in [0.05, 0.1) is 6.26 Å². The Morgan fingerprint density at radius 1 is 1.17 bits per heavy atom. The molecular weight excluding hydrogens is 239 g/mol. The van der Waals surface area contributed by atoms with E-state index >= 15 is 0 Å². The summed E-state index contributed by atoms with van der Waals surface area (Å²) < 4.78 is 5.24. The molecule has 1 aliphatic heterocycles. The number of rotatable bonds is 0. The summed E-state index contributed by atoms with van der Waals surface area (Å²) in [5.41, 5.74) is 1.27. The van der Waals surface area contributed by atoms with Gasteiger partial charge in [-0.2, -0.15) is 0 Å². The molecule has 3 heteroatoms. The van der Waals surface area contributed by atoms with Crippen LogP contribution in [0.3, 0.4) is 0 Å². The molecule has 1 aromatic rings. The molecule has 0 amide bonds. The number of benzene rings is 1. The van der Waals surface area contributed by atoms with Crippen LogP contribution in [0.4, 0.5) is 0 Å². The fraction of sp³-hybridized carbons (Fsp3) is 0.111. The molecule has 1 radical (unpaired) electrons. The van der Waals surface area contributed by atoms with Crippen LogP contribution in [-0.2, 0) is 40.3 Å². The van der Waals surface area contributed by atoms with Crippen LogP contribution < -0.4 is 4.74 Å². The summed E-state index contributed by atoms with van der Waals surface area (Å²) in [5.74, 6) is 0.991. The van der Waals surface area contributed by atoms with Crippen LogP contribution in [0, 0.1) is 0 Å². The first-order valence-electron chi connectivity index (χ1n) is 3.36. The molecule has 12 heavy (non-hydrogen) atoms. The third-order valence-corrected chi connectivity index (χ3v) is 1.60. The van der Waals surface area contributed by atoms with E-state index in [9.17, 15) is 0 Å². The standard InChI is InChI=1S/C9H8O.Co.Fe/c1-2-6-9-8(4-1)5-3-7-10-9;;/h1-4,6-7H,5H2;;. The molecule has 0 atom stereocenters. The van der Waals surface area contributed by atoms with Crippen LogP contribution in [-0.4, -0.2) is 0 Å². The minimum absolute atomic E-state index is 0. The van der Waals surface area contributed by atoms with Crippen LogP contribution in [0.15, 0.2) is 36.6 Å². The van der Waals surface area contributed by atoms with Gasteiger partial charge in [-0.25, -0.2) is 0 Å². The summed E-state index contributed by atoms with van der Waals surface area (Å²) in [6.45, 7) is 0. The van der Waals surface area contributed by atoms with Crippen molar-refractivity contribution < 1.29 is 38.6 Å². The first-order chi connectivity index (χ1) is 4.97. The molecule has 0 bridgehead atoms. The Morgan fingerprint density at radius 2 is 1.92 bits per heavy atom. The normalized spacial score (nSPS) is 11.7. The Balaban J connectivity index is 0.000000605. The Hall–Kier alpha value is -0.214. The second kappa shape index (κ2) is 5.43. The molecule has 1 nitrogen and oxygen atoms in total. The van der Waals surface area contributed by atoms with Crippen molar-refractivity contribution in [1.29, 1.82) is 0 Å². The number of para-hydroxylation sites is 1. The third kappa shape index (κ3) is 2.39. The van der Waals surface area contributed by atoms with Crippen molar-refractivity contribution in [2.45, 2.75) is 6.42 Å². The maximum absolute atomic E-state index is 5.24. The molecule has 1 aromatic carbocycles. The molecule has 0 spiro atoms. The number of hydrogen-bond acceptors (Lipinski definition) is 1. The van der Waals surface area contributed by atoms with Gasteiger partial charge in [0.15, 0.2) is 0 Å². The molecule has 1 aliphatic rings. The molecule has 2 rings (SSSR count). The number of fused-ring (bicyclic) bond motifs is 1. The van der Waals surface area contributed by atoms with E-state index in [1.165, 1.54) is 5.56 Å². The predicted octanol–water partition coefficient (Wildman–Crippen LogP) is 2.13. The van der Waals surface area contributed by atoms with Crippen LogP contribution >= 0.6 is 0 Å². The van der Waals surface area contributed by atoms with Crippen LogP contribution in [0.5, 0.6) is 5.75 Å². The van der Waals surface area contributed by atoms with E-state index in [0.717, 1.165) is 12.2 Å². The van der Waals surface area contributed by atoms with E-state index in [-0.39, 0.29) is 33.8 Å². The van der Waals surface area contributed by atoms with Crippen molar-refractivity contribution in [2.75, 3.05) is 0 Å². The maximum Gasteiger partial charge on any atom is 0.130 e. The largest absolute Gasteiger partial charge is 0.465 e. The molecule has 1 heterocycles.